The highest BCUT2D eigenvalue weighted by atomic mass is 79.9. The highest BCUT2D eigenvalue weighted by Gasteiger charge is 2.20. The zero-order chi connectivity index (χ0) is 17.6. The molecule has 0 aliphatic rings. The van der Waals surface area contributed by atoms with Crippen molar-refractivity contribution in [2.45, 2.75) is 0 Å². The molecule has 4 nitrogen and oxygen atoms in total. The van der Waals surface area contributed by atoms with Gasteiger partial charge in [-0.3, -0.25) is 9.36 Å². The molecular formula is C18H9Br3N2O2. The summed E-state index contributed by atoms with van der Waals surface area (Å²) in [7, 11) is 0. The van der Waals surface area contributed by atoms with E-state index in [-0.39, 0.29) is 5.56 Å². The van der Waals surface area contributed by atoms with Gasteiger partial charge >= 0.3 is 0 Å². The molecule has 2 heterocycles. The molecule has 4 rings (SSSR count). The minimum Gasteiger partial charge on any atom is -0.461 e. The fourth-order valence-corrected chi connectivity index (χ4v) is 5.27. The average molecular weight is 525 g/mol. The van der Waals surface area contributed by atoms with Crippen molar-refractivity contribution in [3.05, 3.63) is 78.6 Å². The fourth-order valence-electron chi connectivity index (χ4n) is 2.66. The van der Waals surface area contributed by atoms with Crippen molar-refractivity contribution in [3.63, 3.8) is 0 Å². The van der Waals surface area contributed by atoms with Crippen molar-refractivity contribution in [3.8, 4) is 17.3 Å². The summed E-state index contributed by atoms with van der Waals surface area (Å²) in [5.41, 5.74) is 1.12. The summed E-state index contributed by atoms with van der Waals surface area (Å²) in [4.78, 5) is 17.9. The number of fused-ring (bicyclic) bond motifs is 1. The normalized spacial score (nSPS) is 11.2. The van der Waals surface area contributed by atoms with Crippen LogP contribution in [0.3, 0.4) is 0 Å². The monoisotopic (exact) mass is 522 g/mol. The van der Waals surface area contributed by atoms with Crippen molar-refractivity contribution in [2.24, 2.45) is 0 Å². The summed E-state index contributed by atoms with van der Waals surface area (Å²) in [5, 5.41) is 0.541. The fraction of sp³-hybridized carbons (Fsp3) is 0. The molecule has 7 heteroatoms. The Labute approximate surface area is 167 Å². The van der Waals surface area contributed by atoms with Gasteiger partial charge in [0.15, 0.2) is 11.6 Å². The molecule has 0 spiro atoms. The zero-order valence-electron chi connectivity index (χ0n) is 12.5. The van der Waals surface area contributed by atoms with Crippen LogP contribution in [0, 0.1) is 0 Å². The van der Waals surface area contributed by atoms with E-state index in [0.717, 1.165) is 13.4 Å². The Morgan fingerprint density at radius 2 is 1.68 bits per heavy atom. The topological polar surface area (TPSA) is 48.0 Å². The number of hydrogen-bond donors (Lipinski definition) is 0. The molecule has 2 aromatic carbocycles. The Hall–Kier alpha value is -1.70. The third-order valence-corrected chi connectivity index (χ3v) is 5.39. The summed E-state index contributed by atoms with van der Waals surface area (Å²) in [6, 6.07) is 14.6. The first-order chi connectivity index (χ1) is 12.1. The molecular weight excluding hydrogens is 516 g/mol. The number of para-hydroxylation sites is 1. The predicted molar refractivity (Wildman–Crippen MR) is 108 cm³/mol. The van der Waals surface area contributed by atoms with E-state index >= 15 is 0 Å². The third kappa shape index (κ3) is 2.90. The Kier molecular flexibility index (Phi) is 4.39. The molecule has 0 saturated heterocycles. The Morgan fingerprint density at radius 1 is 0.960 bits per heavy atom. The van der Waals surface area contributed by atoms with Gasteiger partial charge in [-0.2, -0.15) is 0 Å². The van der Waals surface area contributed by atoms with Crippen molar-refractivity contribution < 1.29 is 4.42 Å². The Morgan fingerprint density at radius 3 is 2.36 bits per heavy atom. The first-order valence-electron chi connectivity index (χ1n) is 7.27. The second-order valence-corrected chi connectivity index (χ2v) is 7.91. The smallest absolute Gasteiger partial charge is 0.266 e. The summed E-state index contributed by atoms with van der Waals surface area (Å²) >= 11 is 10.6. The van der Waals surface area contributed by atoms with Crippen LogP contribution in [-0.4, -0.2) is 9.55 Å². The largest absolute Gasteiger partial charge is 0.461 e. The van der Waals surface area contributed by atoms with E-state index in [9.17, 15) is 4.79 Å². The number of nitrogens with zero attached hydrogens (tertiary/aromatic N) is 2. The van der Waals surface area contributed by atoms with Crippen LogP contribution in [0.2, 0.25) is 0 Å². The van der Waals surface area contributed by atoms with Gasteiger partial charge in [0.05, 0.1) is 22.9 Å². The Bertz CT molecular complexity index is 1130. The molecule has 0 N–H and O–H groups in total. The maximum atomic E-state index is 13.3. The minimum absolute atomic E-state index is 0.166. The van der Waals surface area contributed by atoms with Gasteiger partial charge in [0.25, 0.3) is 5.56 Å². The predicted octanol–water partition coefficient (Wildman–Crippen LogP) is 5.93. The SMILES string of the molecule is O=c1c2ccccc2nc(-c2ccco2)n1-c1c(Br)cc(Br)cc1Br. The highest BCUT2D eigenvalue weighted by Crippen LogP contribution is 2.34. The molecule has 0 saturated carbocycles. The lowest BCUT2D eigenvalue weighted by molar-refractivity contribution is 0.574. The van der Waals surface area contributed by atoms with Crippen LogP contribution < -0.4 is 5.56 Å². The molecule has 2 aromatic heterocycles. The zero-order valence-corrected chi connectivity index (χ0v) is 17.3. The molecule has 0 amide bonds. The summed E-state index contributed by atoms with van der Waals surface area (Å²) in [5.74, 6) is 0.960. The summed E-state index contributed by atoms with van der Waals surface area (Å²) in [6.07, 6.45) is 1.56. The van der Waals surface area contributed by atoms with Gasteiger partial charge in [-0.05, 0) is 68.3 Å². The first kappa shape index (κ1) is 16.8. The molecule has 0 radical (unpaired) electrons. The number of halogens is 3. The van der Waals surface area contributed by atoms with E-state index in [1.54, 1.807) is 29.0 Å². The van der Waals surface area contributed by atoms with Crippen molar-refractivity contribution in [2.75, 3.05) is 0 Å². The van der Waals surface area contributed by atoms with Crippen molar-refractivity contribution in [1.82, 2.24) is 9.55 Å². The van der Waals surface area contributed by atoms with Crippen LogP contribution in [0.15, 0.2) is 77.4 Å². The molecule has 4 aromatic rings. The summed E-state index contributed by atoms with van der Waals surface area (Å²) < 4.78 is 9.47. The van der Waals surface area contributed by atoms with Crippen LogP contribution in [-0.2, 0) is 0 Å². The maximum Gasteiger partial charge on any atom is 0.266 e. The number of hydrogen-bond acceptors (Lipinski definition) is 3. The van der Waals surface area contributed by atoms with Crippen LogP contribution in [0.5, 0.6) is 0 Å². The number of furan rings is 1. The van der Waals surface area contributed by atoms with Crippen LogP contribution >= 0.6 is 47.8 Å². The third-order valence-electron chi connectivity index (χ3n) is 3.72. The second-order valence-electron chi connectivity index (χ2n) is 5.29. The molecule has 0 aliphatic carbocycles. The van der Waals surface area contributed by atoms with Gasteiger partial charge < -0.3 is 4.42 Å². The lowest BCUT2D eigenvalue weighted by Crippen LogP contribution is -2.22. The van der Waals surface area contributed by atoms with E-state index in [0.29, 0.717) is 28.2 Å². The lowest BCUT2D eigenvalue weighted by Gasteiger charge is -2.15. The van der Waals surface area contributed by atoms with Crippen molar-refractivity contribution in [1.29, 1.82) is 0 Å². The van der Waals surface area contributed by atoms with Gasteiger partial charge in [0, 0.05) is 13.4 Å². The number of rotatable bonds is 2. The quantitative estimate of drug-likeness (QED) is 0.326. The standard InChI is InChI=1S/C18H9Br3N2O2/c19-10-8-12(20)16(13(21)9-10)23-17(15-6-3-7-25-15)22-14-5-2-1-4-11(14)18(23)24/h1-9H. The summed E-state index contributed by atoms with van der Waals surface area (Å²) in [6.45, 7) is 0. The van der Waals surface area contributed by atoms with E-state index in [4.69, 9.17) is 4.42 Å². The second kappa shape index (κ2) is 6.55. The molecule has 0 fully saturated rings. The molecule has 0 unspecified atom stereocenters. The first-order valence-corrected chi connectivity index (χ1v) is 9.65. The molecule has 0 atom stereocenters. The Balaban J connectivity index is 2.18. The van der Waals surface area contributed by atoms with E-state index in [1.807, 2.05) is 30.3 Å². The minimum atomic E-state index is -0.166. The highest BCUT2D eigenvalue weighted by molar-refractivity contribution is 9.11. The molecule has 0 bridgehead atoms. The average Bonchev–Trinajstić information content (AvgIpc) is 3.10. The molecule has 124 valence electrons. The lowest BCUT2D eigenvalue weighted by atomic mass is 10.2. The van der Waals surface area contributed by atoms with E-state index in [1.165, 1.54) is 0 Å². The number of aromatic nitrogens is 2. The van der Waals surface area contributed by atoms with Gasteiger partial charge in [0.1, 0.15) is 0 Å². The van der Waals surface area contributed by atoms with Gasteiger partial charge in [-0.15, -0.1) is 0 Å². The van der Waals surface area contributed by atoms with Gasteiger partial charge in [0.2, 0.25) is 0 Å². The molecule has 25 heavy (non-hydrogen) atoms. The molecule has 0 aliphatic heterocycles. The van der Waals surface area contributed by atoms with E-state index < -0.39 is 0 Å². The van der Waals surface area contributed by atoms with Gasteiger partial charge in [-0.25, -0.2) is 4.98 Å². The van der Waals surface area contributed by atoms with Crippen LogP contribution in [0.4, 0.5) is 0 Å². The van der Waals surface area contributed by atoms with Crippen LogP contribution in [0.25, 0.3) is 28.2 Å². The number of benzene rings is 2. The van der Waals surface area contributed by atoms with E-state index in [2.05, 4.69) is 52.8 Å². The van der Waals surface area contributed by atoms with Crippen molar-refractivity contribution >= 4 is 58.7 Å². The van der Waals surface area contributed by atoms with Gasteiger partial charge in [-0.1, -0.05) is 28.1 Å². The van der Waals surface area contributed by atoms with Crippen LogP contribution in [0.1, 0.15) is 0 Å². The maximum absolute atomic E-state index is 13.3.